The average molecular weight is 501 g/mol. The first-order valence-electron chi connectivity index (χ1n) is 11.8. The zero-order valence-electron chi connectivity index (χ0n) is 19.7. The second-order valence-corrected chi connectivity index (χ2v) is 9.83. The summed E-state index contributed by atoms with van der Waals surface area (Å²) in [5.41, 5.74) is 4.60. The van der Waals surface area contributed by atoms with Gasteiger partial charge in [-0.05, 0) is 61.0 Å². The fourth-order valence-corrected chi connectivity index (χ4v) is 5.46. The minimum absolute atomic E-state index is 0.0150. The van der Waals surface area contributed by atoms with E-state index in [-0.39, 0.29) is 18.5 Å². The smallest absolute Gasteiger partial charge is 0.325 e. The van der Waals surface area contributed by atoms with Crippen LogP contribution in [0.5, 0.6) is 11.5 Å². The van der Waals surface area contributed by atoms with Crippen LogP contribution in [0.3, 0.4) is 0 Å². The van der Waals surface area contributed by atoms with E-state index in [0.717, 1.165) is 26.5 Å². The Morgan fingerprint density at radius 1 is 1.00 bits per heavy atom. The first-order chi connectivity index (χ1) is 17.5. The van der Waals surface area contributed by atoms with E-state index in [0.29, 0.717) is 43.5 Å². The first kappa shape index (κ1) is 22.4. The number of hydrogen-bond donors (Lipinski definition) is 1. The van der Waals surface area contributed by atoms with Crippen LogP contribution in [0.4, 0.5) is 16.2 Å². The van der Waals surface area contributed by atoms with Crippen molar-refractivity contribution in [2.75, 3.05) is 43.1 Å². The van der Waals surface area contributed by atoms with Gasteiger partial charge in [0.25, 0.3) is 0 Å². The van der Waals surface area contributed by atoms with E-state index < -0.39 is 0 Å². The molecule has 8 nitrogen and oxygen atoms in total. The number of hydrogen-bond acceptors (Lipinski definition) is 6. The van der Waals surface area contributed by atoms with Crippen molar-refractivity contribution in [3.05, 3.63) is 66.2 Å². The van der Waals surface area contributed by atoms with Crippen molar-refractivity contribution in [1.29, 1.82) is 0 Å². The second kappa shape index (κ2) is 9.16. The van der Waals surface area contributed by atoms with E-state index in [9.17, 15) is 9.59 Å². The third kappa shape index (κ3) is 4.33. The summed E-state index contributed by atoms with van der Waals surface area (Å²) in [5.74, 6) is 1.07. The van der Waals surface area contributed by atoms with Gasteiger partial charge in [0.05, 0.1) is 10.2 Å². The van der Waals surface area contributed by atoms with Gasteiger partial charge in [-0.2, -0.15) is 0 Å². The molecule has 4 aromatic rings. The molecule has 2 aliphatic rings. The fraction of sp³-hybridized carbons (Fsp3) is 0.222. The van der Waals surface area contributed by atoms with Crippen LogP contribution in [0.2, 0.25) is 0 Å². The molecule has 1 N–H and O–H groups in total. The van der Waals surface area contributed by atoms with Gasteiger partial charge < -0.3 is 19.7 Å². The van der Waals surface area contributed by atoms with E-state index in [1.807, 2.05) is 48.5 Å². The minimum Gasteiger partial charge on any atom is -0.486 e. The maximum Gasteiger partial charge on any atom is 0.325 e. The van der Waals surface area contributed by atoms with Gasteiger partial charge >= 0.3 is 6.03 Å². The Balaban J connectivity index is 1.08. The number of rotatable bonds is 5. The number of anilines is 2. The van der Waals surface area contributed by atoms with Gasteiger partial charge in [0.2, 0.25) is 5.91 Å². The average Bonchev–Trinajstić information content (AvgIpc) is 3.47. The fourth-order valence-electron chi connectivity index (χ4n) is 4.39. The van der Waals surface area contributed by atoms with Crippen molar-refractivity contribution >= 4 is 44.9 Å². The lowest BCUT2D eigenvalue weighted by Crippen LogP contribution is -2.37. The van der Waals surface area contributed by atoms with Gasteiger partial charge in [-0.15, -0.1) is 11.3 Å². The molecular formula is C27H24N4O4S. The number of amides is 3. The molecule has 3 heterocycles. The number of nitrogens with one attached hydrogen (secondary N) is 1. The normalized spacial score (nSPS) is 15.0. The molecule has 0 radical (unpaired) electrons. The van der Waals surface area contributed by atoms with Crippen molar-refractivity contribution in [1.82, 2.24) is 9.88 Å². The maximum atomic E-state index is 13.0. The molecule has 0 unspecified atom stereocenters. The van der Waals surface area contributed by atoms with E-state index in [1.165, 1.54) is 5.56 Å². The predicted octanol–water partition coefficient (Wildman–Crippen LogP) is 4.92. The van der Waals surface area contributed by atoms with Gasteiger partial charge in [-0.25, -0.2) is 9.78 Å². The molecule has 6 rings (SSSR count). The number of aryl methyl sites for hydroxylation is 1. The summed E-state index contributed by atoms with van der Waals surface area (Å²) in [5, 5.41) is 3.83. The summed E-state index contributed by atoms with van der Waals surface area (Å²) in [6.07, 6.45) is 0. The maximum absolute atomic E-state index is 13.0. The number of carbonyl (C=O) groups excluding carboxylic acids is 2. The van der Waals surface area contributed by atoms with Crippen LogP contribution in [0.25, 0.3) is 20.8 Å². The van der Waals surface area contributed by atoms with Crippen LogP contribution in [-0.2, 0) is 4.79 Å². The number of fused-ring (bicyclic) bond motifs is 2. The third-order valence-electron chi connectivity index (χ3n) is 6.23. The topological polar surface area (TPSA) is 84.0 Å². The van der Waals surface area contributed by atoms with E-state index in [4.69, 9.17) is 14.5 Å². The SMILES string of the molecule is Cc1ccc2nc(-c3ccc(NC(=O)CN4CCN(c5ccc6c(c5)OCCO6)C4=O)cc3)sc2c1. The molecule has 2 aliphatic heterocycles. The Labute approximate surface area is 212 Å². The molecule has 3 amide bonds. The van der Waals surface area contributed by atoms with Crippen LogP contribution in [-0.4, -0.2) is 54.7 Å². The number of carbonyl (C=O) groups is 2. The van der Waals surface area contributed by atoms with Crippen molar-refractivity contribution in [3.8, 4) is 22.1 Å². The van der Waals surface area contributed by atoms with Crippen LogP contribution in [0.15, 0.2) is 60.7 Å². The number of ether oxygens (including phenoxy) is 2. The van der Waals surface area contributed by atoms with Crippen LogP contribution in [0.1, 0.15) is 5.56 Å². The summed E-state index contributed by atoms with van der Waals surface area (Å²) >= 11 is 1.65. The van der Waals surface area contributed by atoms with E-state index in [2.05, 4.69) is 24.4 Å². The van der Waals surface area contributed by atoms with Crippen molar-refractivity contribution in [2.45, 2.75) is 6.92 Å². The highest BCUT2D eigenvalue weighted by molar-refractivity contribution is 7.21. The molecule has 182 valence electrons. The molecule has 0 bridgehead atoms. The Hall–Kier alpha value is -4.11. The number of urea groups is 1. The monoisotopic (exact) mass is 500 g/mol. The molecule has 0 atom stereocenters. The van der Waals surface area contributed by atoms with Crippen molar-refractivity contribution in [3.63, 3.8) is 0 Å². The largest absolute Gasteiger partial charge is 0.486 e. The lowest BCUT2D eigenvalue weighted by molar-refractivity contribution is -0.116. The predicted molar refractivity (Wildman–Crippen MR) is 140 cm³/mol. The molecule has 0 saturated carbocycles. The Morgan fingerprint density at radius 3 is 2.64 bits per heavy atom. The van der Waals surface area contributed by atoms with Gasteiger partial charge in [0.1, 0.15) is 24.8 Å². The Bertz CT molecular complexity index is 1470. The summed E-state index contributed by atoms with van der Waals surface area (Å²) in [6, 6.07) is 19.1. The molecule has 0 spiro atoms. The lowest BCUT2D eigenvalue weighted by atomic mass is 10.2. The molecule has 1 fully saturated rings. The molecule has 1 aromatic heterocycles. The van der Waals surface area contributed by atoms with E-state index in [1.54, 1.807) is 21.1 Å². The highest BCUT2D eigenvalue weighted by atomic mass is 32.1. The van der Waals surface area contributed by atoms with Crippen molar-refractivity contribution < 1.29 is 19.1 Å². The van der Waals surface area contributed by atoms with Gasteiger partial charge in [0.15, 0.2) is 11.5 Å². The second-order valence-electron chi connectivity index (χ2n) is 8.80. The van der Waals surface area contributed by atoms with Gasteiger partial charge in [-0.3, -0.25) is 9.69 Å². The highest BCUT2D eigenvalue weighted by Gasteiger charge is 2.31. The standard InChI is InChI=1S/C27H24N4O4S/c1-17-2-8-21-24(14-17)36-26(29-21)18-3-5-19(6-4-18)28-25(32)16-30-10-11-31(27(30)33)20-7-9-22-23(15-20)35-13-12-34-22/h2-9,14-15H,10-13,16H2,1H3,(H,28,32). The number of aromatic nitrogens is 1. The zero-order valence-corrected chi connectivity index (χ0v) is 20.5. The van der Waals surface area contributed by atoms with Crippen molar-refractivity contribution in [2.24, 2.45) is 0 Å². The summed E-state index contributed by atoms with van der Waals surface area (Å²) in [4.78, 5) is 33.5. The van der Waals surface area contributed by atoms with Crippen LogP contribution in [0, 0.1) is 6.92 Å². The highest BCUT2D eigenvalue weighted by Crippen LogP contribution is 2.35. The van der Waals surface area contributed by atoms with Crippen LogP contribution >= 0.6 is 11.3 Å². The summed E-state index contributed by atoms with van der Waals surface area (Å²) in [7, 11) is 0. The molecule has 3 aromatic carbocycles. The van der Waals surface area contributed by atoms with Gasteiger partial charge in [-0.1, -0.05) is 6.07 Å². The Morgan fingerprint density at radius 2 is 1.81 bits per heavy atom. The summed E-state index contributed by atoms with van der Waals surface area (Å²) in [6.45, 7) is 4.03. The number of nitrogens with zero attached hydrogens (tertiary/aromatic N) is 3. The Kier molecular flexibility index (Phi) is 5.69. The molecule has 1 saturated heterocycles. The number of benzene rings is 3. The van der Waals surface area contributed by atoms with Crippen LogP contribution < -0.4 is 19.7 Å². The third-order valence-corrected chi connectivity index (χ3v) is 7.29. The molecule has 0 aliphatic carbocycles. The van der Waals surface area contributed by atoms with Gasteiger partial charge in [0, 0.05) is 36.1 Å². The quantitative estimate of drug-likeness (QED) is 0.420. The molecular weight excluding hydrogens is 476 g/mol. The zero-order chi connectivity index (χ0) is 24.6. The molecule has 9 heteroatoms. The van der Waals surface area contributed by atoms with E-state index >= 15 is 0 Å². The minimum atomic E-state index is -0.240. The first-order valence-corrected chi connectivity index (χ1v) is 12.6. The summed E-state index contributed by atoms with van der Waals surface area (Å²) < 4.78 is 12.3. The molecule has 36 heavy (non-hydrogen) atoms. The lowest BCUT2D eigenvalue weighted by Gasteiger charge is -2.22. The number of thiazole rings is 1.